The number of rotatable bonds is 10. The first kappa shape index (κ1) is 21.3. The molecule has 0 radical (unpaired) electrons. The molecule has 3 N–H and O–H groups in total. The fourth-order valence-electron chi connectivity index (χ4n) is 5.18. The summed E-state index contributed by atoms with van der Waals surface area (Å²) in [6.07, 6.45) is 15.2. The Balaban J connectivity index is 1.07. The molecule has 0 spiro atoms. The molecular weight excluding hydrogens is 424 g/mol. The summed E-state index contributed by atoms with van der Waals surface area (Å²) < 4.78 is 2.09. The Kier molecular flexibility index (Phi) is 5.74. The molecule has 176 valence electrons. The number of hydrogen-bond donors (Lipinski definition) is 3. The number of fused-ring (bicyclic) bond motifs is 2. The summed E-state index contributed by atoms with van der Waals surface area (Å²) >= 11 is 0. The average molecular weight is 457 g/mol. The zero-order valence-corrected chi connectivity index (χ0v) is 19.5. The Morgan fingerprint density at radius 1 is 1.15 bits per heavy atom. The molecule has 3 fully saturated rings. The van der Waals surface area contributed by atoms with E-state index in [-0.39, 0.29) is 0 Å². The van der Waals surface area contributed by atoms with Crippen LogP contribution in [0, 0.1) is 23.3 Å². The number of imidazole rings is 1. The van der Waals surface area contributed by atoms with Gasteiger partial charge in [0.2, 0.25) is 0 Å². The third-order valence-corrected chi connectivity index (χ3v) is 7.56. The van der Waals surface area contributed by atoms with Crippen LogP contribution in [-0.4, -0.2) is 34.0 Å². The second-order valence-corrected chi connectivity index (χ2v) is 10.1. The van der Waals surface area contributed by atoms with Crippen molar-refractivity contribution in [3.8, 4) is 0 Å². The summed E-state index contributed by atoms with van der Waals surface area (Å²) in [5.74, 6) is 2.60. The molecule has 1 aliphatic heterocycles. The summed E-state index contributed by atoms with van der Waals surface area (Å²) in [6.45, 7) is 4.82. The molecule has 3 aliphatic rings. The van der Waals surface area contributed by atoms with Gasteiger partial charge in [-0.15, -0.1) is 0 Å². The van der Waals surface area contributed by atoms with Crippen molar-refractivity contribution in [2.45, 2.75) is 38.8 Å². The lowest BCUT2D eigenvalue weighted by atomic mass is 9.85. The van der Waals surface area contributed by atoms with Gasteiger partial charge in [-0.25, -0.2) is 10.5 Å². The van der Waals surface area contributed by atoms with Crippen molar-refractivity contribution in [2.75, 3.05) is 24.5 Å². The normalized spacial score (nSPS) is 22.0. The molecule has 0 bridgehead atoms. The van der Waals surface area contributed by atoms with E-state index >= 15 is 0 Å². The van der Waals surface area contributed by atoms with Gasteiger partial charge < -0.3 is 19.9 Å². The second-order valence-electron chi connectivity index (χ2n) is 10.1. The van der Waals surface area contributed by atoms with E-state index in [1.807, 2.05) is 6.20 Å². The Labute approximate surface area is 200 Å². The van der Waals surface area contributed by atoms with E-state index in [0.29, 0.717) is 12.2 Å². The number of pyridine rings is 2. The van der Waals surface area contributed by atoms with E-state index in [4.69, 9.17) is 10.5 Å². The van der Waals surface area contributed by atoms with E-state index in [1.54, 1.807) is 12.4 Å². The van der Waals surface area contributed by atoms with Gasteiger partial charge in [0.1, 0.15) is 11.3 Å². The highest BCUT2D eigenvalue weighted by molar-refractivity contribution is 5.66. The smallest absolute Gasteiger partial charge is 0.137 e. The van der Waals surface area contributed by atoms with Gasteiger partial charge in [-0.1, -0.05) is 12.5 Å². The highest BCUT2D eigenvalue weighted by Crippen LogP contribution is 2.46. The SMILES string of the molecule is N=N/C(=C\NCc1cn2cc(CNCC3CCC3)ccc2n1)c1cncc(N2CC3CC3C2)c1. The van der Waals surface area contributed by atoms with Crippen LogP contribution in [0.2, 0.25) is 0 Å². The standard InChI is InChI=1S/C26H32N8/c27-32-25(20-7-24(12-29-10-20)33-15-21-6-22(21)16-33)13-30-11-23-17-34-14-19(4-5-26(34)31-23)9-28-8-18-2-1-3-18/h4-5,7,10,12-14,17-18,21-22,27-28,30H,1-3,6,8-9,11,15-16H2/b25-13-,32-27?. The number of nitrogens with one attached hydrogen (secondary N) is 3. The molecule has 0 aromatic carbocycles. The molecule has 4 heterocycles. The van der Waals surface area contributed by atoms with Gasteiger partial charge in [0, 0.05) is 50.0 Å². The predicted molar refractivity (Wildman–Crippen MR) is 132 cm³/mol. The summed E-state index contributed by atoms with van der Waals surface area (Å²) in [4.78, 5) is 11.5. The second kappa shape index (κ2) is 9.18. The molecule has 2 unspecified atom stereocenters. The Hall–Kier alpha value is -3.26. The fourth-order valence-corrected chi connectivity index (χ4v) is 5.18. The third-order valence-electron chi connectivity index (χ3n) is 7.56. The zero-order valence-electron chi connectivity index (χ0n) is 19.5. The summed E-state index contributed by atoms with van der Waals surface area (Å²) in [6, 6.07) is 6.31. The van der Waals surface area contributed by atoms with Crippen LogP contribution in [0.5, 0.6) is 0 Å². The molecule has 8 heteroatoms. The largest absolute Gasteiger partial charge is 0.383 e. The quantitative estimate of drug-likeness (QED) is 0.398. The fraction of sp³-hybridized carbons (Fsp3) is 0.462. The van der Waals surface area contributed by atoms with Crippen LogP contribution in [-0.2, 0) is 13.1 Å². The van der Waals surface area contributed by atoms with Gasteiger partial charge in [-0.3, -0.25) is 4.98 Å². The van der Waals surface area contributed by atoms with Crippen molar-refractivity contribution in [2.24, 2.45) is 22.9 Å². The number of piperidine rings is 1. The van der Waals surface area contributed by atoms with Crippen LogP contribution in [0.15, 0.2) is 54.3 Å². The summed E-state index contributed by atoms with van der Waals surface area (Å²) in [5, 5.41) is 10.6. The highest BCUT2D eigenvalue weighted by atomic mass is 15.2. The molecule has 2 saturated carbocycles. The average Bonchev–Trinajstić information content (AvgIpc) is 3.24. The molecule has 3 aromatic rings. The molecule has 8 nitrogen and oxygen atoms in total. The predicted octanol–water partition coefficient (Wildman–Crippen LogP) is 4.19. The summed E-state index contributed by atoms with van der Waals surface area (Å²) in [5.41, 5.74) is 13.4. The van der Waals surface area contributed by atoms with Crippen LogP contribution in [0.25, 0.3) is 11.3 Å². The minimum atomic E-state index is 0.568. The highest BCUT2D eigenvalue weighted by Gasteiger charge is 2.45. The van der Waals surface area contributed by atoms with E-state index in [1.165, 1.54) is 31.2 Å². The first-order valence-electron chi connectivity index (χ1n) is 12.4. The Morgan fingerprint density at radius 3 is 2.82 bits per heavy atom. The van der Waals surface area contributed by atoms with Crippen LogP contribution < -0.4 is 15.5 Å². The van der Waals surface area contributed by atoms with Crippen LogP contribution >= 0.6 is 0 Å². The van der Waals surface area contributed by atoms with Gasteiger partial charge in [0.25, 0.3) is 0 Å². The van der Waals surface area contributed by atoms with Gasteiger partial charge in [0.05, 0.1) is 24.1 Å². The minimum absolute atomic E-state index is 0.568. The minimum Gasteiger partial charge on any atom is -0.383 e. The molecular formula is C26H32N8. The van der Waals surface area contributed by atoms with Crippen LogP contribution in [0.1, 0.15) is 42.5 Å². The topological polar surface area (TPSA) is 93.7 Å². The van der Waals surface area contributed by atoms with Crippen molar-refractivity contribution < 1.29 is 0 Å². The van der Waals surface area contributed by atoms with Gasteiger partial charge in [0.15, 0.2) is 0 Å². The Bertz CT molecular complexity index is 1200. The molecule has 1 saturated heterocycles. The van der Waals surface area contributed by atoms with Gasteiger partial charge in [-0.2, -0.15) is 5.11 Å². The van der Waals surface area contributed by atoms with E-state index < -0.39 is 0 Å². The van der Waals surface area contributed by atoms with Crippen molar-refractivity contribution in [1.82, 2.24) is 25.0 Å². The maximum atomic E-state index is 7.66. The lowest BCUT2D eigenvalue weighted by molar-refractivity contribution is 0.301. The Morgan fingerprint density at radius 2 is 2.03 bits per heavy atom. The van der Waals surface area contributed by atoms with Crippen molar-refractivity contribution in [1.29, 1.82) is 5.53 Å². The third kappa shape index (κ3) is 4.55. The monoisotopic (exact) mass is 456 g/mol. The number of hydrogen-bond acceptors (Lipinski definition) is 7. The summed E-state index contributed by atoms with van der Waals surface area (Å²) in [7, 11) is 0. The lowest BCUT2D eigenvalue weighted by Gasteiger charge is -2.25. The molecule has 0 amide bonds. The van der Waals surface area contributed by atoms with Crippen molar-refractivity contribution in [3.05, 3.63) is 66.0 Å². The van der Waals surface area contributed by atoms with Crippen molar-refractivity contribution >= 4 is 17.0 Å². The first-order chi connectivity index (χ1) is 16.7. The molecule has 6 rings (SSSR count). The molecule has 3 aromatic heterocycles. The van der Waals surface area contributed by atoms with Crippen molar-refractivity contribution in [3.63, 3.8) is 0 Å². The maximum Gasteiger partial charge on any atom is 0.137 e. The van der Waals surface area contributed by atoms with Crippen LogP contribution in [0.4, 0.5) is 5.69 Å². The number of anilines is 1. The maximum absolute atomic E-state index is 7.66. The van der Waals surface area contributed by atoms with Crippen LogP contribution in [0.3, 0.4) is 0 Å². The molecule has 2 atom stereocenters. The van der Waals surface area contributed by atoms with E-state index in [0.717, 1.165) is 66.5 Å². The van der Waals surface area contributed by atoms with E-state index in [2.05, 4.69) is 60.6 Å². The molecule has 34 heavy (non-hydrogen) atoms. The lowest BCUT2D eigenvalue weighted by Crippen LogP contribution is -2.26. The zero-order chi connectivity index (χ0) is 22.9. The van der Waals surface area contributed by atoms with E-state index in [9.17, 15) is 0 Å². The van der Waals surface area contributed by atoms with Gasteiger partial charge in [-0.05, 0) is 61.3 Å². The molecule has 2 aliphatic carbocycles. The number of aromatic nitrogens is 3. The number of nitrogens with zero attached hydrogens (tertiary/aromatic N) is 5. The first-order valence-corrected chi connectivity index (χ1v) is 12.4. The van der Waals surface area contributed by atoms with Gasteiger partial charge >= 0.3 is 0 Å².